The number of amides is 2. The van der Waals surface area contributed by atoms with Crippen molar-refractivity contribution in [2.45, 2.75) is 19.4 Å². The van der Waals surface area contributed by atoms with E-state index in [0.29, 0.717) is 11.1 Å². The fraction of sp³-hybridized carbons (Fsp3) is 0.357. The number of nitrogens with one attached hydrogen (secondary N) is 1. The number of nitrogens with zero attached hydrogens (tertiary/aromatic N) is 1. The van der Waals surface area contributed by atoms with E-state index in [2.05, 4.69) is 0 Å². The number of hydrogen-bond acceptors (Lipinski definition) is 5. The Morgan fingerprint density at radius 3 is 2.22 bits per heavy atom. The van der Waals surface area contributed by atoms with E-state index in [-0.39, 0.29) is 18.7 Å². The van der Waals surface area contributed by atoms with Gasteiger partial charge in [0, 0.05) is 6.54 Å². The topological polar surface area (TPSA) is 121 Å². The van der Waals surface area contributed by atoms with Crippen molar-refractivity contribution in [3.8, 4) is 0 Å². The number of fused-ring (bicyclic) bond motifs is 1. The predicted molar refractivity (Wildman–Crippen MR) is 80.4 cm³/mol. The molecule has 0 saturated heterocycles. The number of carboxylic acids is 1. The smallest absolute Gasteiger partial charge is 0.321 e. The summed E-state index contributed by atoms with van der Waals surface area (Å²) in [7, 11) is -3.80. The number of carbonyl (C=O) groups excluding carboxylic acids is 2. The first-order valence-electron chi connectivity index (χ1n) is 6.91. The van der Waals surface area contributed by atoms with Crippen molar-refractivity contribution in [3.05, 3.63) is 35.4 Å². The summed E-state index contributed by atoms with van der Waals surface area (Å²) in [6.45, 7) is 1.17. The van der Waals surface area contributed by atoms with Gasteiger partial charge in [0.05, 0.1) is 16.9 Å². The van der Waals surface area contributed by atoms with Gasteiger partial charge < -0.3 is 5.11 Å². The van der Waals surface area contributed by atoms with Gasteiger partial charge in [0.1, 0.15) is 6.04 Å². The summed E-state index contributed by atoms with van der Waals surface area (Å²) >= 11 is 0. The molecule has 23 heavy (non-hydrogen) atoms. The maximum absolute atomic E-state index is 12.1. The number of imide groups is 1. The highest BCUT2D eigenvalue weighted by molar-refractivity contribution is 7.89. The lowest BCUT2D eigenvalue weighted by atomic mass is 10.1. The normalized spacial score (nSPS) is 15.6. The second-order valence-electron chi connectivity index (χ2n) is 5.16. The number of sulfonamides is 1. The Hall–Kier alpha value is -2.26. The lowest BCUT2D eigenvalue weighted by molar-refractivity contribution is -0.138. The number of carboxylic acid groups (broad SMARTS) is 1. The summed E-state index contributed by atoms with van der Waals surface area (Å²) in [5, 5.41) is 8.69. The van der Waals surface area contributed by atoms with Gasteiger partial charge in [-0.1, -0.05) is 12.1 Å². The summed E-state index contributed by atoms with van der Waals surface area (Å²) < 4.78 is 25.5. The van der Waals surface area contributed by atoms with Crippen molar-refractivity contribution in [1.82, 2.24) is 9.62 Å². The monoisotopic (exact) mass is 340 g/mol. The van der Waals surface area contributed by atoms with Gasteiger partial charge in [-0.15, -0.1) is 0 Å². The molecular weight excluding hydrogens is 324 g/mol. The summed E-state index contributed by atoms with van der Waals surface area (Å²) in [5.74, 6) is -2.56. The van der Waals surface area contributed by atoms with Gasteiger partial charge in [0.15, 0.2) is 0 Å². The third-order valence-corrected chi connectivity index (χ3v) is 4.94. The SMILES string of the molecule is CC(NS(=O)(=O)CCCN1C(=O)c2ccccc2C1=O)C(=O)O. The van der Waals surface area contributed by atoms with E-state index in [0.717, 1.165) is 4.90 Å². The van der Waals surface area contributed by atoms with E-state index in [1.54, 1.807) is 24.3 Å². The van der Waals surface area contributed by atoms with Crippen LogP contribution >= 0.6 is 0 Å². The number of aliphatic carboxylic acids is 1. The molecule has 0 fully saturated rings. The highest BCUT2D eigenvalue weighted by atomic mass is 32.2. The van der Waals surface area contributed by atoms with E-state index < -0.39 is 33.8 Å². The molecule has 1 aromatic carbocycles. The minimum absolute atomic E-state index is 0.0210. The maximum Gasteiger partial charge on any atom is 0.321 e. The quantitative estimate of drug-likeness (QED) is 0.677. The molecular formula is C14H16N2O6S. The average Bonchev–Trinajstić information content (AvgIpc) is 2.72. The number of hydrogen-bond donors (Lipinski definition) is 2. The van der Waals surface area contributed by atoms with Crippen LogP contribution < -0.4 is 4.72 Å². The fourth-order valence-electron chi connectivity index (χ4n) is 2.23. The molecule has 0 aromatic heterocycles. The van der Waals surface area contributed by atoms with E-state index in [4.69, 9.17) is 5.11 Å². The summed E-state index contributed by atoms with van der Waals surface area (Å²) in [5.41, 5.74) is 0.607. The zero-order valence-corrected chi connectivity index (χ0v) is 13.2. The molecule has 2 N–H and O–H groups in total. The lowest BCUT2D eigenvalue weighted by Crippen LogP contribution is -2.40. The van der Waals surface area contributed by atoms with Crippen LogP contribution in [0.5, 0.6) is 0 Å². The van der Waals surface area contributed by atoms with Crippen LogP contribution in [0, 0.1) is 0 Å². The van der Waals surface area contributed by atoms with Crippen LogP contribution in [0.4, 0.5) is 0 Å². The number of rotatable bonds is 7. The molecule has 0 spiro atoms. The molecule has 1 heterocycles. The Balaban J connectivity index is 1.94. The third-order valence-electron chi connectivity index (χ3n) is 3.40. The first-order chi connectivity index (χ1) is 10.7. The molecule has 124 valence electrons. The Morgan fingerprint density at radius 2 is 1.74 bits per heavy atom. The largest absolute Gasteiger partial charge is 0.480 e. The van der Waals surface area contributed by atoms with Gasteiger partial charge in [-0.05, 0) is 25.5 Å². The van der Waals surface area contributed by atoms with Crippen molar-refractivity contribution >= 4 is 27.8 Å². The highest BCUT2D eigenvalue weighted by Crippen LogP contribution is 2.22. The molecule has 1 aliphatic heterocycles. The van der Waals surface area contributed by atoms with Crippen molar-refractivity contribution in [2.75, 3.05) is 12.3 Å². The molecule has 9 heteroatoms. The van der Waals surface area contributed by atoms with Crippen molar-refractivity contribution in [1.29, 1.82) is 0 Å². The van der Waals surface area contributed by atoms with Crippen molar-refractivity contribution < 1.29 is 27.9 Å². The van der Waals surface area contributed by atoms with E-state index in [1.165, 1.54) is 6.92 Å². The Kier molecular flexibility index (Phi) is 4.81. The predicted octanol–water partition coefficient (Wildman–Crippen LogP) is 0.0652. The Morgan fingerprint density at radius 1 is 1.22 bits per heavy atom. The van der Waals surface area contributed by atoms with Gasteiger partial charge in [-0.3, -0.25) is 19.3 Å². The minimum Gasteiger partial charge on any atom is -0.480 e. The molecule has 0 bridgehead atoms. The van der Waals surface area contributed by atoms with Crippen LogP contribution in [0.25, 0.3) is 0 Å². The van der Waals surface area contributed by atoms with Gasteiger partial charge >= 0.3 is 5.97 Å². The molecule has 0 radical (unpaired) electrons. The molecule has 0 aliphatic carbocycles. The van der Waals surface area contributed by atoms with E-state index in [9.17, 15) is 22.8 Å². The second-order valence-corrected chi connectivity index (χ2v) is 7.03. The fourth-order valence-corrected chi connectivity index (χ4v) is 3.50. The lowest BCUT2D eigenvalue weighted by Gasteiger charge is -2.14. The van der Waals surface area contributed by atoms with E-state index >= 15 is 0 Å². The first-order valence-corrected chi connectivity index (χ1v) is 8.56. The summed E-state index contributed by atoms with van der Waals surface area (Å²) in [6.07, 6.45) is 0.0210. The number of carbonyl (C=O) groups is 3. The Bertz CT molecular complexity index is 723. The summed E-state index contributed by atoms with van der Waals surface area (Å²) in [6, 6.07) is 5.15. The molecule has 1 aromatic rings. The van der Waals surface area contributed by atoms with Gasteiger partial charge in [-0.2, -0.15) is 0 Å². The standard InChI is InChI=1S/C14H16N2O6S/c1-9(14(19)20)15-23(21,22)8-4-7-16-12(17)10-5-2-3-6-11(10)13(16)18/h2-3,5-6,9,15H,4,7-8H2,1H3,(H,19,20). The van der Waals surface area contributed by atoms with Gasteiger partial charge in [-0.25, -0.2) is 13.1 Å². The van der Waals surface area contributed by atoms with Crippen LogP contribution in [0.15, 0.2) is 24.3 Å². The zero-order chi connectivity index (χ0) is 17.2. The van der Waals surface area contributed by atoms with E-state index in [1.807, 2.05) is 4.72 Å². The molecule has 2 rings (SSSR count). The molecule has 1 atom stereocenters. The summed E-state index contributed by atoms with van der Waals surface area (Å²) in [4.78, 5) is 35.8. The third kappa shape index (κ3) is 3.74. The maximum atomic E-state index is 12.1. The van der Waals surface area contributed by atoms with Crippen LogP contribution in [-0.2, 0) is 14.8 Å². The second kappa shape index (κ2) is 6.47. The molecule has 0 saturated carbocycles. The molecule has 1 unspecified atom stereocenters. The van der Waals surface area contributed by atoms with Crippen molar-refractivity contribution in [3.63, 3.8) is 0 Å². The van der Waals surface area contributed by atoms with Crippen LogP contribution in [0.3, 0.4) is 0 Å². The molecule has 1 aliphatic rings. The zero-order valence-electron chi connectivity index (χ0n) is 12.4. The van der Waals surface area contributed by atoms with Gasteiger partial charge in [0.25, 0.3) is 11.8 Å². The Labute approximate surface area is 133 Å². The highest BCUT2D eigenvalue weighted by Gasteiger charge is 2.34. The van der Waals surface area contributed by atoms with Crippen molar-refractivity contribution in [2.24, 2.45) is 0 Å². The first kappa shape index (κ1) is 17.1. The molecule has 2 amide bonds. The van der Waals surface area contributed by atoms with Crippen LogP contribution in [-0.4, -0.2) is 54.5 Å². The van der Waals surface area contributed by atoms with Crippen LogP contribution in [0.2, 0.25) is 0 Å². The minimum atomic E-state index is -3.80. The number of benzene rings is 1. The van der Waals surface area contributed by atoms with Crippen LogP contribution in [0.1, 0.15) is 34.1 Å². The molecule has 8 nitrogen and oxygen atoms in total. The van der Waals surface area contributed by atoms with Gasteiger partial charge in [0.2, 0.25) is 10.0 Å². The average molecular weight is 340 g/mol.